The van der Waals surface area contributed by atoms with Crippen LogP contribution in [-0.2, 0) is 0 Å². The van der Waals surface area contributed by atoms with Crippen molar-refractivity contribution in [2.45, 2.75) is 43.7 Å². The van der Waals surface area contributed by atoms with Gasteiger partial charge < -0.3 is 10.4 Å². The molecule has 1 unspecified atom stereocenters. The van der Waals surface area contributed by atoms with Crippen LogP contribution in [0.25, 0.3) is 5.69 Å². The van der Waals surface area contributed by atoms with Gasteiger partial charge >= 0.3 is 0 Å². The zero-order valence-corrected chi connectivity index (χ0v) is 15.6. The Bertz CT molecular complexity index is 1070. The first kappa shape index (κ1) is 18.2. The van der Waals surface area contributed by atoms with Gasteiger partial charge in [-0.1, -0.05) is 12.1 Å². The maximum absolute atomic E-state index is 14.9. The number of benzene rings is 2. The predicted molar refractivity (Wildman–Crippen MR) is 102 cm³/mol. The number of nitrogens with one attached hydrogen (secondary N) is 1. The second-order valence-electron chi connectivity index (χ2n) is 7.81. The van der Waals surface area contributed by atoms with Crippen molar-refractivity contribution < 1.29 is 18.3 Å². The van der Waals surface area contributed by atoms with E-state index in [2.05, 4.69) is 16.5 Å². The Morgan fingerprint density at radius 2 is 1.72 bits per heavy atom. The summed E-state index contributed by atoms with van der Waals surface area (Å²) in [6.45, 7) is 0. The fourth-order valence-corrected chi connectivity index (χ4v) is 3.59. The Morgan fingerprint density at radius 3 is 2.41 bits per heavy atom. The summed E-state index contributed by atoms with van der Waals surface area (Å²) in [7, 11) is 0. The van der Waals surface area contributed by atoms with Crippen LogP contribution in [0, 0.1) is 17.5 Å². The third kappa shape index (κ3) is 3.51. The highest BCUT2D eigenvalue weighted by Gasteiger charge is 2.33. The molecule has 2 N–H and O–H groups in total. The minimum Gasteiger partial charge on any atom is -0.369 e. The Morgan fingerprint density at radius 1 is 0.966 bits per heavy atom. The molecule has 2 aromatic carbocycles. The van der Waals surface area contributed by atoms with Gasteiger partial charge in [0.1, 0.15) is 5.69 Å². The standard InChI is InChI=1S/C22H20F3N3O/c23-16-3-1-2-15(21(16)25)22(29)26-14-8-9-19(17(24)10-14)28-20(13-6-7-13)11-18(27-28)12-4-5-12/h1-3,8-13,22,26,29H,4-7H2. The Kier molecular flexibility index (Phi) is 4.35. The molecule has 0 amide bonds. The molecule has 2 saturated carbocycles. The minimum absolute atomic E-state index is 0.244. The average Bonchev–Trinajstić information content (AvgIpc) is 3.62. The summed E-state index contributed by atoms with van der Waals surface area (Å²) >= 11 is 0. The fraction of sp³-hybridized carbons (Fsp3) is 0.318. The number of halogens is 3. The molecule has 1 heterocycles. The van der Waals surface area contributed by atoms with Crippen LogP contribution in [0.2, 0.25) is 0 Å². The first-order valence-corrected chi connectivity index (χ1v) is 9.79. The summed E-state index contributed by atoms with van der Waals surface area (Å²) in [5.41, 5.74) is 2.41. The molecule has 7 heteroatoms. The van der Waals surface area contributed by atoms with Gasteiger partial charge in [-0.25, -0.2) is 17.9 Å². The summed E-state index contributed by atoms with van der Waals surface area (Å²) in [5, 5.41) is 17.4. The quantitative estimate of drug-likeness (QED) is 0.564. The molecule has 0 aliphatic heterocycles. The lowest BCUT2D eigenvalue weighted by molar-refractivity contribution is 0.201. The third-order valence-electron chi connectivity index (χ3n) is 5.50. The van der Waals surface area contributed by atoms with E-state index in [1.54, 1.807) is 16.8 Å². The molecule has 0 radical (unpaired) electrons. The molecule has 150 valence electrons. The van der Waals surface area contributed by atoms with E-state index in [1.807, 2.05) is 0 Å². The lowest BCUT2D eigenvalue weighted by Crippen LogP contribution is -2.13. The molecular weight excluding hydrogens is 379 g/mol. The lowest BCUT2D eigenvalue weighted by atomic mass is 10.1. The Labute approximate surface area is 166 Å². The number of aliphatic hydroxyl groups excluding tert-OH is 1. The topological polar surface area (TPSA) is 50.1 Å². The molecule has 4 nitrogen and oxygen atoms in total. The van der Waals surface area contributed by atoms with E-state index in [9.17, 15) is 18.3 Å². The highest BCUT2D eigenvalue weighted by Crippen LogP contribution is 2.45. The van der Waals surface area contributed by atoms with E-state index in [4.69, 9.17) is 0 Å². The number of hydrogen-bond donors (Lipinski definition) is 2. The lowest BCUT2D eigenvalue weighted by Gasteiger charge is -2.16. The van der Waals surface area contributed by atoms with Gasteiger partial charge in [-0.3, -0.25) is 0 Å². The van der Waals surface area contributed by atoms with Crippen LogP contribution in [-0.4, -0.2) is 14.9 Å². The van der Waals surface area contributed by atoms with E-state index in [1.165, 1.54) is 18.2 Å². The van der Waals surface area contributed by atoms with Gasteiger partial charge in [0.25, 0.3) is 0 Å². The van der Waals surface area contributed by atoms with Crippen molar-refractivity contribution in [2.75, 3.05) is 5.32 Å². The number of rotatable bonds is 6. The van der Waals surface area contributed by atoms with E-state index in [0.717, 1.165) is 43.1 Å². The summed E-state index contributed by atoms with van der Waals surface area (Å²) < 4.78 is 43.8. The molecule has 2 fully saturated rings. The van der Waals surface area contributed by atoms with Crippen molar-refractivity contribution in [1.29, 1.82) is 0 Å². The summed E-state index contributed by atoms with van der Waals surface area (Å²) in [6, 6.07) is 10.0. The monoisotopic (exact) mass is 399 g/mol. The molecule has 0 bridgehead atoms. The molecule has 2 aliphatic carbocycles. The fourth-order valence-electron chi connectivity index (χ4n) is 3.59. The smallest absolute Gasteiger partial charge is 0.166 e. The van der Waals surface area contributed by atoms with E-state index in [0.29, 0.717) is 17.5 Å². The number of hydrogen-bond acceptors (Lipinski definition) is 3. The second-order valence-corrected chi connectivity index (χ2v) is 7.81. The Balaban J connectivity index is 1.42. The highest BCUT2D eigenvalue weighted by molar-refractivity contribution is 5.51. The Hall–Kier alpha value is -2.80. The SMILES string of the molecule is OC(Nc1ccc(-n2nc(C3CC3)cc2C2CC2)c(F)c1)c1cccc(F)c1F. The van der Waals surface area contributed by atoms with Gasteiger partial charge in [0.05, 0.1) is 5.69 Å². The van der Waals surface area contributed by atoms with Gasteiger partial charge in [-0.15, -0.1) is 0 Å². The first-order valence-electron chi connectivity index (χ1n) is 9.79. The summed E-state index contributed by atoms with van der Waals surface area (Å²) in [5.74, 6) is -1.79. The maximum atomic E-state index is 14.9. The van der Waals surface area contributed by atoms with Gasteiger partial charge in [0, 0.05) is 28.8 Å². The van der Waals surface area contributed by atoms with Crippen molar-refractivity contribution in [3.63, 3.8) is 0 Å². The van der Waals surface area contributed by atoms with Crippen molar-refractivity contribution in [3.05, 3.63) is 76.9 Å². The predicted octanol–water partition coefficient (Wildman–Crippen LogP) is 5.15. The third-order valence-corrected chi connectivity index (χ3v) is 5.50. The van der Waals surface area contributed by atoms with E-state index >= 15 is 0 Å². The average molecular weight is 399 g/mol. The zero-order chi connectivity index (χ0) is 20.1. The van der Waals surface area contributed by atoms with Crippen LogP contribution in [0.4, 0.5) is 18.9 Å². The first-order chi connectivity index (χ1) is 14.0. The van der Waals surface area contributed by atoms with Crippen molar-refractivity contribution in [1.82, 2.24) is 9.78 Å². The zero-order valence-electron chi connectivity index (χ0n) is 15.6. The van der Waals surface area contributed by atoms with Crippen LogP contribution in [0.1, 0.15) is 60.7 Å². The molecule has 1 aromatic heterocycles. The number of aliphatic hydroxyl groups is 1. The van der Waals surface area contributed by atoms with Crippen LogP contribution in [0.5, 0.6) is 0 Å². The van der Waals surface area contributed by atoms with E-state index in [-0.39, 0.29) is 11.3 Å². The largest absolute Gasteiger partial charge is 0.369 e. The molecule has 29 heavy (non-hydrogen) atoms. The van der Waals surface area contributed by atoms with Crippen molar-refractivity contribution in [2.24, 2.45) is 0 Å². The normalized spacial score (nSPS) is 17.4. The minimum atomic E-state index is -1.51. The number of anilines is 1. The van der Waals surface area contributed by atoms with E-state index < -0.39 is 23.7 Å². The van der Waals surface area contributed by atoms with Crippen LogP contribution in [0.3, 0.4) is 0 Å². The molecule has 5 rings (SSSR count). The van der Waals surface area contributed by atoms with Crippen molar-refractivity contribution in [3.8, 4) is 5.69 Å². The van der Waals surface area contributed by atoms with Crippen LogP contribution in [0.15, 0.2) is 42.5 Å². The molecule has 3 aromatic rings. The second kappa shape index (κ2) is 6.91. The maximum Gasteiger partial charge on any atom is 0.166 e. The number of aromatic nitrogens is 2. The summed E-state index contributed by atoms with van der Waals surface area (Å²) in [6.07, 6.45) is 2.91. The van der Waals surface area contributed by atoms with Gasteiger partial charge in [0.15, 0.2) is 23.7 Å². The molecular formula is C22H20F3N3O. The van der Waals surface area contributed by atoms with Crippen LogP contribution < -0.4 is 5.32 Å². The number of nitrogens with zero attached hydrogens (tertiary/aromatic N) is 2. The van der Waals surface area contributed by atoms with Crippen molar-refractivity contribution >= 4 is 5.69 Å². The highest BCUT2D eigenvalue weighted by atomic mass is 19.2. The summed E-state index contributed by atoms with van der Waals surface area (Å²) in [4.78, 5) is 0. The van der Waals surface area contributed by atoms with Crippen LogP contribution >= 0.6 is 0 Å². The molecule has 2 aliphatic rings. The molecule has 1 atom stereocenters. The van der Waals surface area contributed by atoms with Gasteiger partial charge in [-0.2, -0.15) is 5.10 Å². The van der Waals surface area contributed by atoms with Gasteiger partial charge in [0.2, 0.25) is 0 Å². The molecule has 0 saturated heterocycles. The molecule has 0 spiro atoms. The van der Waals surface area contributed by atoms with Gasteiger partial charge in [-0.05, 0) is 56.0 Å².